The van der Waals surface area contributed by atoms with Crippen LogP contribution in [0.1, 0.15) is 13.3 Å². The Hall–Kier alpha value is -0.510. The summed E-state index contributed by atoms with van der Waals surface area (Å²) in [4.78, 5) is 20.3. The largest absolute Gasteiger partial charge is 0.481 e. The highest BCUT2D eigenvalue weighted by Crippen LogP contribution is 2.08. The van der Waals surface area contributed by atoms with Crippen molar-refractivity contribution in [1.82, 2.24) is 0 Å². The molecule has 2 atom stereocenters. The van der Waals surface area contributed by atoms with Gasteiger partial charge in [-0.2, -0.15) is 12.6 Å². The Labute approximate surface area is 64.8 Å². The average Bonchev–Trinajstić information content (AvgIpc) is 1.81. The van der Waals surface area contributed by atoms with Crippen LogP contribution in [0.25, 0.3) is 0 Å². The van der Waals surface area contributed by atoms with E-state index in [1.165, 1.54) is 0 Å². The lowest BCUT2D eigenvalue weighted by molar-refractivity contribution is -0.143. The summed E-state index contributed by atoms with van der Waals surface area (Å²) in [5.74, 6) is -1.97. The number of aliphatic carboxylic acids is 1. The lowest BCUT2D eigenvalue weighted by Gasteiger charge is -2.05. The topological polar surface area (TPSA) is 54.4 Å². The minimum absolute atomic E-state index is 0.0497. The van der Waals surface area contributed by atoms with Crippen LogP contribution in [-0.2, 0) is 9.59 Å². The molecule has 4 heteroatoms. The second-order valence-electron chi connectivity index (χ2n) is 2.17. The fourth-order valence-electron chi connectivity index (χ4n) is 0.582. The molecule has 0 fully saturated rings. The Balaban J connectivity index is 3.83. The highest BCUT2D eigenvalue weighted by atomic mass is 32.1. The molecule has 0 aromatic carbocycles. The number of carbonyl (C=O) groups excluding carboxylic acids is 1. The summed E-state index contributed by atoms with van der Waals surface area (Å²) in [6.07, 6.45) is 0.733. The van der Waals surface area contributed by atoms with E-state index in [2.05, 4.69) is 12.6 Å². The Morgan fingerprint density at radius 3 is 2.40 bits per heavy atom. The summed E-state index contributed by atoms with van der Waals surface area (Å²) >= 11 is 3.96. The maximum Gasteiger partial charge on any atom is 0.313 e. The van der Waals surface area contributed by atoms with Crippen LogP contribution in [0.15, 0.2) is 0 Å². The minimum atomic E-state index is -1.07. The summed E-state index contributed by atoms with van der Waals surface area (Å²) in [6.45, 7) is 1.75. The molecule has 0 aliphatic heterocycles. The number of aldehydes is 1. The molecule has 10 heavy (non-hydrogen) atoms. The standard InChI is InChI=1S/C6H10O3S/c1-4(10)2-5(3-7)6(8)9/h3-5,10H,2H2,1H3,(H,8,9). The van der Waals surface area contributed by atoms with E-state index in [0.29, 0.717) is 12.7 Å². The van der Waals surface area contributed by atoms with Gasteiger partial charge in [0.05, 0.1) is 0 Å². The quantitative estimate of drug-likeness (QED) is 0.361. The van der Waals surface area contributed by atoms with Crippen LogP contribution < -0.4 is 0 Å². The smallest absolute Gasteiger partial charge is 0.313 e. The number of thiol groups is 1. The lowest BCUT2D eigenvalue weighted by atomic mass is 10.1. The maximum absolute atomic E-state index is 10.2. The van der Waals surface area contributed by atoms with E-state index in [0.717, 1.165) is 0 Å². The second-order valence-corrected chi connectivity index (χ2v) is 3.05. The first-order chi connectivity index (χ1) is 4.57. The van der Waals surface area contributed by atoms with Gasteiger partial charge in [-0.15, -0.1) is 0 Å². The Morgan fingerprint density at radius 1 is 1.80 bits per heavy atom. The highest BCUT2D eigenvalue weighted by Gasteiger charge is 2.17. The van der Waals surface area contributed by atoms with Crippen molar-refractivity contribution in [1.29, 1.82) is 0 Å². The number of hydrogen-bond donors (Lipinski definition) is 2. The molecule has 0 aliphatic rings. The average molecular weight is 162 g/mol. The van der Waals surface area contributed by atoms with Crippen LogP contribution in [0.5, 0.6) is 0 Å². The third-order valence-corrected chi connectivity index (χ3v) is 1.29. The first-order valence-corrected chi connectivity index (χ1v) is 3.45. The van der Waals surface area contributed by atoms with Gasteiger partial charge in [0.25, 0.3) is 0 Å². The van der Waals surface area contributed by atoms with Crippen LogP contribution in [0.2, 0.25) is 0 Å². The zero-order chi connectivity index (χ0) is 8.15. The molecule has 2 unspecified atom stereocenters. The van der Waals surface area contributed by atoms with Crippen molar-refractivity contribution in [2.45, 2.75) is 18.6 Å². The van der Waals surface area contributed by atoms with Gasteiger partial charge in [0.1, 0.15) is 12.2 Å². The Morgan fingerprint density at radius 2 is 2.30 bits per heavy atom. The Kier molecular flexibility index (Phi) is 4.11. The van der Waals surface area contributed by atoms with Crippen molar-refractivity contribution >= 4 is 24.9 Å². The molecule has 0 spiro atoms. The molecule has 0 saturated heterocycles. The first kappa shape index (κ1) is 9.49. The molecule has 0 rings (SSSR count). The van der Waals surface area contributed by atoms with E-state index in [9.17, 15) is 9.59 Å². The molecule has 1 N–H and O–H groups in total. The molecule has 0 aromatic heterocycles. The van der Waals surface area contributed by atoms with E-state index in [4.69, 9.17) is 5.11 Å². The van der Waals surface area contributed by atoms with E-state index in [-0.39, 0.29) is 5.25 Å². The van der Waals surface area contributed by atoms with Crippen LogP contribution in [0.4, 0.5) is 0 Å². The predicted molar refractivity (Wildman–Crippen MR) is 40.3 cm³/mol. The minimum Gasteiger partial charge on any atom is -0.481 e. The van der Waals surface area contributed by atoms with Gasteiger partial charge in [-0.05, 0) is 6.42 Å². The summed E-state index contributed by atoms with van der Waals surface area (Å²) in [6, 6.07) is 0. The van der Waals surface area contributed by atoms with Crippen LogP contribution in [0.3, 0.4) is 0 Å². The number of hydrogen-bond acceptors (Lipinski definition) is 3. The van der Waals surface area contributed by atoms with E-state index >= 15 is 0 Å². The summed E-state index contributed by atoms with van der Waals surface area (Å²) in [5.41, 5.74) is 0. The van der Waals surface area contributed by atoms with E-state index < -0.39 is 11.9 Å². The Bertz CT molecular complexity index is 133. The fraction of sp³-hybridized carbons (Fsp3) is 0.667. The van der Waals surface area contributed by atoms with E-state index in [1.54, 1.807) is 6.92 Å². The van der Waals surface area contributed by atoms with Gasteiger partial charge in [-0.3, -0.25) is 4.79 Å². The zero-order valence-corrected chi connectivity index (χ0v) is 6.54. The highest BCUT2D eigenvalue weighted by molar-refractivity contribution is 7.80. The van der Waals surface area contributed by atoms with Crippen molar-refractivity contribution in [2.75, 3.05) is 0 Å². The summed E-state index contributed by atoms with van der Waals surface area (Å²) < 4.78 is 0. The van der Waals surface area contributed by atoms with Gasteiger partial charge in [0, 0.05) is 5.25 Å². The van der Waals surface area contributed by atoms with Crippen molar-refractivity contribution in [2.24, 2.45) is 5.92 Å². The third-order valence-electron chi connectivity index (χ3n) is 1.08. The van der Waals surface area contributed by atoms with Gasteiger partial charge in [0.15, 0.2) is 0 Å². The fourth-order valence-corrected chi connectivity index (χ4v) is 0.809. The predicted octanol–water partition coefficient (Wildman–Crippen LogP) is 0.594. The van der Waals surface area contributed by atoms with Gasteiger partial charge >= 0.3 is 5.97 Å². The maximum atomic E-state index is 10.2. The molecule has 0 heterocycles. The van der Waals surface area contributed by atoms with Gasteiger partial charge in [0.2, 0.25) is 0 Å². The number of carboxylic acid groups (broad SMARTS) is 1. The number of rotatable bonds is 4. The van der Waals surface area contributed by atoms with Gasteiger partial charge in [-0.1, -0.05) is 6.92 Å². The molecular weight excluding hydrogens is 152 g/mol. The third kappa shape index (κ3) is 3.50. The van der Waals surface area contributed by atoms with Crippen molar-refractivity contribution < 1.29 is 14.7 Å². The normalized spacial score (nSPS) is 15.8. The number of carboxylic acids is 1. The molecular formula is C6H10O3S. The molecule has 0 amide bonds. The van der Waals surface area contributed by atoms with Crippen molar-refractivity contribution in [3.8, 4) is 0 Å². The lowest BCUT2D eigenvalue weighted by Crippen LogP contribution is -2.17. The molecule has 0 bridgehead atoms. The molecule has 58 valence electrons. The van der Waals surface area contributed by atoms with Gasteiger partial charge in [-0.25, -0.2) is 0 Å². The molecule has 0 aliphatic carbocycles. The SMILES string of the molecule is CC(S)CC(C=O)C(=O)O. The van der Waals surface area contributed by atoms with Crippen molar-refractivity contribution in [3.05, 3.63) is 0 Å². The second kappa shape index (κ2) is 4.33. The monoisotopic (exact) mass is 162 g/mol. The number of carbonyl (C=O) groups is 2. The summed E-state index contributed by atoms with van der Waals surface area (Å²) in [5, 5.41) is 8.31. The zero-order valence-electron chi connectivity index (χ0n) is 5.65. The summed E-state index contributed by atoms with van der Waals surface area (Å²) in [7, 11) is 0. The van der Waals surface area contributed by atoms with Crippen LogP contribution >= 0.6 is 12.6 Å². The van der Waals surface area contributed by atoms with Crippen molar-refractivity contribution in [3.63, 3.8) is 0 Å². The van der Waals surface area contributed by atoms with Crippen LogP contribution in [0, 0.1) is 5.92 Å². The molecule has 0 radical (unpaired) electrons. The first-order valence-electron chi connectivity index (χ1n) is 2.94. The van der Waals surface area contributed by atoms with Gasteiger partial charge < -0.3 is 9.90 Å². The van der Waals surface area contributed by atoms with E-state index in [1.807, 2.05) is 0 Å². The molecule has 0 saturated carbocycles. The molecule has 3 nitrogen and oxygen atoms in total. The molecule has 0 aromatic rings. The van der Waals surface area contributed by atoms with Crippen LogP contribution in [-0.4, -0.2) is 22.6 Å².